The van der Waals surface area contributed by atoms with Gasteiger partial charge in [-0.2, -0.15) is 0 Å². The van der Waals surface area contributed by atoms with E-state index in [0.717, 1.165) is 10.6 Å². The third kappa shape index (κ3) is 7.43. The topological polar surface area (TPSA) is 86.8 Å². The standard InChI is InChI=1S/C24H31ClFN3O4S/c1-6-21(24(31)27-16(2)3)28(14-18-7-10-20(26)11-8-18)23(30)15-29(34(5,32)33)22-12-9-19(25)13-17(22)4/h7-13,16,21H,6,14-15H2,1-5H3,(H,27,31)/t21-/m1/s1. The summed E-state index contributed by atoms with van der Waals surface area (Å²) < 4.78 is 39.7. The summed E-state index contributed by atoms with van der Waals surface area (Å²) in [6.07, 6.45) is 1.33. The van der Waals surface area contributed by atoms with Crippen LogP contribution in [0, 0.1) is 12.7 Å². The van der Waals surface area contributed by atoms with Gasteiger partial charge in [0.25, 0.3) is 0 Å². The average Bonchev–Trinajstić information content (AvgIpc) is 2.72. The number of benzene rings is 2. The Balaban J connectivity index is 2.46. The molecule has 0 fully saturated rings. The molecule has 0 saturated carbocycles. The van der Waals surface area contributed by atoms with Crippen molar-refractivity contribution in [3.63, 3.8) is 0 Å². The smallest absolute Gasteiger partial charge is 0.244 e. The van der Waals surface area contributed by atoms with E-state index in [1.165, 1.54) is 29.2 Å². The van der Waals surface area contributed by atoms with Gasteiger partial charge >= 0.3 is 0 Å². The molecule has 2 rings (SSSR count). The predicted molar refractivity (Wildman–Crippen MR) is 133 cm³/mol. The number of rotatable bonds is 10. The van der Waals surface area contributed by atoms with E-state index in [1.807, 2.05) is 13.8 Å². The first kappa shape index (κ1) is 27.6. The fourth-order valence-electron chi connectivity index (χ4n) is 3.58. The second kappa shape index (κ2) is 11.7. The van der Waals surface area contributed by atoms with Crippen molar-refractivity contribution >= 4 is 39.1 Å². The molecule has 0 aliphatic heterocycles. The molecule has 7 nitrogen and oxygen atoms in total. The number of anilines is 1. The van der Waals surface area contributed by atoms with E-state index in [-0.39, 0.29) is 18.5 Å². The van der Waals surface area contributed by atoms with Crippen LogP contribution in [0.15, 0.2) is 42.5 Å². The van der Waals surface area contributed by atoms with Crippen LogP contribution in [0.4, 0.5) is 10.1 Å². The minimum Gasteiger partial charge on any atom is -0.352 e. The van der Waals surface area contributed by atoms with Crippen LogP contribution in [0.25, 0.3) is 0 Å². The fraction of sp³-hybridized carbons (Fsp3) is 0.417. The summed E-state index contributed by atoms with van der Waals surface area (Å²) in [5.74, 6) is -1.33. The molecule has 0 unspecified atom stereocenters. The molecule has 2 aromatic rings. The van der Waals surface area contributed by atoms with Gasteiger partial charge in [-0.15, -0.1) is 0 Å². The van der Waals surface area contributed by atoms with Crippen molar-refractivity contribution < 1.29 is 22.4 Å². The SMILES string of the molecule is CC[C@H](C(=O)NC(C)C)N(Cc1ccc(F)cc1)C(=O)CN(c1ccc(Cl)cc1C)S(C)(=O)=O. The summed E-state index contributed by atoms with van der Waals surface area (Å²) in [6, 6.07) is 9.31. The third-order valence-electron chi connectivity index (χ3n) is 5.19. The van der Waals surface area contributed by atoms with E-state index in [2.05, 4.69) is 5.32 Å². The Morgan fingerprint density at radius 1 is 1.12 bits per heavy atom. The summed E-state index contributed by atoms with van der Waals surface area (Å²) >= 11 is 6.02. The highest BCUT2D eigenvalue weighted by Crippen LogP contribution is 2.26. The quantitative estimate of drug-likeness (QED) is 0.524. The van der Waals surface area contributed by atoms with E-state index in [4.69, 9.17) is 11.6 Å². The maximum absolute atomic E-state index is 13.6. The summed E-state index contributed by atoms with van der Waals surface area (Å²) in [7, 11) is -3.84. The van der Waals surface area contributed by atoms with Gasteiger partial charge in [0.1, 0.15) is 18.4 Å². The first-order chi connectivity index (χ1) is 15.8. The molecular formula is C24H31ClFN3O4S. The zero-order chi connectivity index (χ0) is 25.6. The summed E-state index contributed by atoms with van der Waals surface area (Å²) in [4.78, 5) is 27.8. The normalized spacial score (nSPS) is 12.4. The van der Waals surface area contributed by atoms with Gasteiger partial charge in [0, 0.05) is 17.6 Å². The van der Waals surface area contributed by atoms with E-state index in [0.29, 0.717) is 28.3 Å². The molecule has 0 bridgehead atoms. The summed E-state index contributed by atoms with van der Waals surface area (Å²) in [6.45, 7) is 6.60. The van der Waals surface area contributed by atoms with Crippen LogP contribution in [0.2, 0.25) is 5.02 Å². The van der Waals surface area contributed by atoms with E-state index in [9.17, 15) is 22.4 Å². The Labute approximate surface area is 205 Å². The lowest BCUT2D eigenvalue weighted by Gasteiger charge is -2.33. The van der Waals surface area contributed by atoms with Crippen LogP contribution >= 0.6 is 11.6 Å². The fourth-order valence-corrected chi connectivity index (χ4v) is 4.71. The number of hydrogen-bond acceptors (Lipinski definition) is 4. The molecule has 0 heterocycles. The van der Waals surface area contributed by atoms with Crippen LogP contribution in [0.5, 0.6) is 0 Å². The molecule has 2 amide bonds. The van der Waals surface area contributed by atoms with Gasteiger partial charge in [-0.05, 0) is 68.7 Å². The Morgan fingerprint density at radius 2 is 1.74 bits per heavy atom. The number of carbonyl (C=O) groups is 2. The highest BCUT2D eigenvalue weighted by Gasteiger charge is 2.32. The van der Waals surface area contributed by atoms with Crippen LogP contribution in [-0.4, -0.2) is 50.0 Å². The minimum absolute atomic E-state index is 0.0142. The van der Waals surface area contributed by atoms with Gasteiger partial charge in [-0.25, -0.2) is 12.8 Å². The molecule has 186 valence electrons. The van der Waals surface area contributed by atoms with Gasteiger partial charge in [-0.1, -0.05) is 30.7 Å². The summed E-state index contributed by atoms with van der Waals surface area (Å²) in [5.41, 5.74) is 1.51. The number of sulfonamides is 1. The highest BCUT2D eigenvalue weighted by atomic mass is 35.5. The van der Waals surface area contributed by atoms with Crippen LogP contribution in [0.3, 0.4) is 0 Å². The molecule has 0 radical (unpaired) electrons. The number of hydrogen-bond donors (Lipinski definition) is 1. The molecule has 1 atom stereocenters. The van der Waals surface area contributed by atoms with Gasteiger partial charge < -0.3 is 10.2 Å². The number of amides is 2. The number of aryl methyl sites for hydroxylation is 1. The zero-order valence-corrected chi connectivity index (χ0v) is 21.6. The lowest BCUT2D eigenvalue weighted by atomic mass is 10.1. The van der Waals surface area contributed by atoms with Gasteiger partial charge in [0.2, 0.25) is 21.8 Å². The molecule has 0 aliphatic carbocycles. The lowest BCUT2D eigenvalue weighted by molar-refractivity contribution is -0.140. The molecular weight excluding hydrogens is 481 g/mol. The van der Waals surface area contributed by atoms with Crippen LogP contribution < -0.4 is 9.62 Å². The zero-order valence-electron chi connectivity index (χ0n) is 20.0. The van der Waals surface area contributed by atoms with E-state index >= 15 is 0 Å². The summed E-state index contributed by atoms with van der Waals surface area (Å²) in [5, 5.41) is 3.26. The van der Waals surface area contributed by atoms with Gasteiger partial charge in [0.15, 0.2) is 0 Å². The lowest BCUT2D eigenvalue weighted by Crippen LogP contribution is -2.53. The van der Waals surface area contributed by atoms with Gasteiger partial charge in [-0.3, -0.25) is 13.9 Å². The first-order valence-electron chi connectivity index (χ1n) is 10.9. The second-order valence-electron chi connectivity index (χ2n) is 8.44. The predicted octanol–water partition coefficient (Wildman–Crippen LogP) is 3.89. The van der Waals surface area contributed by atoms with Crippen LogP contribution in [-0.2, 0) is 26.2 Å². The molecule has 2 aromatic carbocycles. The van der Waals surface area contributed by atoms with Crippen molar-refractivity contribution in [2.24, 2.45) is 0 Å². The molecule has 34 heavy (non-hydrogen) atoms. The average molecular weight is 512 g/mol. The number of nitrogens with one attached hydrogen (secondary N) is 1. The molecule has 10 heteroatoms. The Hall–Kier alpha value is -2.65. The first-order valence-corrected chi connectivity index (χ1v) is 13.1. The Bertz CT molecular complexity index is 1120. The number of halogens is 2. The second-order valence-corrected chi connectivity index (χ2v) is 10.8. The van der Waals surface area contributed by atoms with E-state index in [1.54, 1.807) is 32.0 Å². The largest absolute Gasteiger partial charge is 0.352 e. The Kier molecular flexibility index (Phi) is 9.46. The van der Waals surface area contributed by atoms with Gasteiger partial charge in [0.05, 0.1) is 11.9 Å². The minimum atomic E-state index is -3.84. The highest BCUT2D eigenvalue weighted by molar-refractivity contribution is 7.92. The molecule has 0 aliphatic rings. The van der Waals surface area contributed by atoms with Crippen molar-refractivity contribution in [3.05, 3.63) is 64.4 Å². The molecule has 0 aromatic heterocycles. The number of carbonyl (C=O) groups excluding carboxylic acids is 2. The van der Waals surface area contributed by atoms with Crippen LogP contribution in [0.1, 0.15) is 38.3 Å². The third-order valence-corrected chi connectivity index (χ3v) is 6.55. The monoisotopic (exact) mass is 511 g/mol. The Morgan fingerprint density at radius 3 is 2.24 bits per heavy atom. The van der Waals surface area contributed by atoms with Crippen molar-refractivity contribution in [3.8, 4) is 0 Å². The van der Waals surface area contributed by atoms with Crippen molar-refractivity contribution in [2.75, 3.05) is 17.1 Å². The van der Waals surface area contributed by atoms with Crippen molar-refractivity contribution in [2.45, 2.75) is 52.7 Å². The molecule has 1 N–H and O–H groups in total. The van der Waals surface area contributed by atoms with E-state index < -0.39 is 34.3 Å². The maximum atomic E-state index is 13.6. The maximum Gasteiger partial charge on any atom is 0.244 e. The molecule has 0 saturated heterocycles. The number of nitrogens with zero attached hydrogens (tertiary/aromatic N) is 2. The van der Waals surface area contributed by atoms with Crippen molar-refractivity contribution in [1.82, 2.24) is 10.2 Å². The van der Waals surface area contributed by atoms with Crippen molar-refractivity contribution in [1.29, 1.82) is 0 Å². The molecule has 0 spiro atoms.